The number of nitrogens with zero attached hydrogens (tertiary/aromatic N) is 1. The maximum Gasteiger partial charge on any atom is 0.246 e. The van der Waals surface area contributed by atoms with Crippen molar-refractivity contribution >= 4 is 11.8 Å². The minimum Gasteiger partial charge on any atom is -0.343 e. The van der Waals surface area contributed by atoms with Crippen LogP contribution in [0.3, 0.4) is 0 Å². The van der Waals surface area contributed by atoms with Crippen LogP contribution in [0.2, 0.25) is 0 Å². The molecule has 4 nitrogen and oxygen atoms in total. The SMILES string of the molecule is CCC1NC(=O)C(C)N(C2(C)CCCCC2)C1=O. The Morgan fingerprint density at radius 2 is 1.89 bits per heavy atom. The predicted molar refractivity (Wildman–Crippen MR) is 70.0 cm³/mol. The van der Waals surface area contributed by atoms with Gasteiger partial charge in [-0.05, 0) is 33.1 Å². The molecule has 1 saturated heterocycles. The summed E-state index contributed by atoms with van der Waals surface area (Å²) in [6.45, 7) is 5.94. The summed E-state index contributed by atoms with van der Waals surface area (Å²) in [5, 5.41) is 2.82. The maximum absolute atomic E-state index is 12.5. The molecule has 102 valence electrons. The van der Waals surface area contributed by atoms with Gasteiger partial charge in [0.25, 0.3) is 0 Å². The first kappa shape index (κ1) is 13.4. The van der Waals surface area contributed by atoms with Gasteiger partial charge in [-0.15, -0.1) is 0 Å². The number of nitrogens with one attached hydrogen (secondary N) is 1. The third-order valence-electron chi connectivity index (χ3n) is 4.54. The van der Waals surface area contributed by atoms with Crippen LogP contribution in [0.1, 0.15) is 59.3 Å². The second-order valence-electron chi connectivity index (χ2n) is 5.91. The van der Waals surface area contributed by atoms with E-state index < -0.39 is 0 Å². The Labute approximate surface area is 109 Å². The predicted octanol–water partition coefficient (Wildman–Crippen LogP) is 1.83. The summed E-state index contributed by atoms with van der Waals surface area (Å²) in [5.74, 6) is 0.0993. The molecule has 4 heteroatoms. The van der Waals surface area contributed by atoms with E-state index in [4.69, 9.17) is 0 Å². The molecule has 0 bridgehead atoms. The van der Waals surface area contributed by atoms with Gasteiger partial charge in [0.1, 0.15) is 12.1 Å². The van der Waals surface area contributed by atoms with E-state index >= 15 is 0 Å². The quantitative estimate of drug-likeness (QED) is 0.815. The summed E-state index contributed by atoms with van der Waals surface area (Å²) in [6, 6.07) is -0.657. The van der Waals surface area contributed by atoms with E-state index in [0.29, 0.717) is 6.42 Å². The van der Waals surface area contributed by atoms with Crippen LogP contribution >= 0.6 is 0 Å². The number of carbonyl (C=O) groups is 2. The number of piperazine rings is 1. The van der Waals surface area contributed by atoms with Gasteiger partial charge in [0, 0.05) is 5.54 Å². The Hall–Kier alpha value is -1.06. The van der Waals surface area contributed by atoms with Gasteiger partial charge in [0.15, 0.2) is 0 Å². The van der Waals surface area contributed by atoms with Crippen molar-refractivity contribution in [3.05, 3.63) is 0 Å². The fourth-order valence-corrected chi connectivity index (χ4v) is 3.39. The molecule has 0 aromatic rings. The van der Waals surface area contributed by atoms with Crippen LogP contribution < -0.4 is 5.32 Å². The lowest BCUT2D eigenvalue weighted by Crippen LogP contribution is -2.68. The van der Waals surface area contributed by atoms with E-state index in [1.807, 2.05) is 18.7 Å². The summed E-state index contributed by atoms with van der Waals surface area (Å²) >= 11 is 0. The fourth-order valence-electron chi connectivity index (χ4n) is 3.39. The van der Waals surface area contributed by atoms with Crippen molar-refractivity contribution in [1.82, 2.24) is 10.2 Å². The summed E-state index contributed by atoms with van der Waals surface area (Å²) in [5.41, 5.74) is -0.125. The molecule has 0 aromatic heterocycles. The lowest BCUT2D eigenvalue weighted by molar-refractivity contribution is -0.157. The molecule has 2 amide bonds. The van der Waals surface area contributed by atoms with Crippen LogP contribution in [0.4, 0.5) is 0 Å². The fraction of sp³-hybridized carbons (Fsp3) is 0.857. The molecule has 18 heavy (non-hydrogen) atoms. The van der Waals surface area contributed by atoms with Crippen LogP contribution in [0.15, 0.2) is 0 Å². The first-order valence-corrected chi connectivity index (χ1v) is 7.13. The standard InChI is InChI=1S/C14H24N2O2/c1-4-11-13(18)16(10(2)12(17)15-11)14(3)8-6-5-7-9-14/h10-11H,4-9H2,1-3H3,(H,15,17). The Kier molecular flexibility index (Phi) is 3.64. The Morgan fingerprint density at radius 3 is 2.44 bits per heavy atom. The molecule has 2 atom stereocenters. The molecule has 1 heterocycles. The molecular formula is C14H24N2O2. The minimum atomic E-state index is -0.330. The van der Waals surface area contributed by atoms with Crippen molar-refractivity contribution in [2.24, 2.45) is 0 Å². The molecule has 1 N–H and O–H groups in total. The second-order valence-corrected chi connectivity index (χ2v) is 5.91. The van der Waals surface area contributed by atoms with Gasteiger partial charge in [-0.3, -0.25) is 9.59 Å². The zero-order valence-electron chi connectivity index (χ0n) is 11.7. The van der Waals surface area contributed by atoms with Crippen LogP contribution in [-0.4, -0.2) is 34.3 Å². The van der Waals surface area contributed by atoms with Crippen LogP contribution in [-0.2, 0) is 9.59 Å². The molecule has 2 aliphatic rings. The van der Waals surface area contributed by atoms with E-state index in [1.54, 1.807) is 0 Å². The average Bonchev–Trinajstić information content (AvgIpc) is 2.34. The molecular weight excluding hydrogens is 228 g/mol. The number of amides is 2. The van der Waals surface area contributed by atoms with E-state index in [0.717, 1.165) is 25.7 Å². The molecule has 1 saturated carbocycles. The van der Waals surface area contributed by atoms with E-state index in [9.17, 15) is 9.59 Å². The number of hydrogen-bond donors (Lipinski definition) is 1. The Balaban J connectivity index is 2.27. The molecule has 0 spiro atoms. The van der Waals surface area contributed by atoms with Crippen molar-refractivity contribution in [3.8, 4) is 0 Å². The van der Waals surface area contributed by atoms with Crippen molar-refractivity contribution in [1.29, 1.82) is 0 Å². The second kappa shape index (κ2) is 4.90. The van der Waals surface area contributed by atoms with Gasteiger partial charge in [-0.25, -0.2) is 0 Å². The number of hydrogen-bond acceptors (Lipinski definition) is 2. The third kappa shape index (κ3) is 2.13. The molecule has 2 rings (SSSR count). The zero-order chi connectivity index (χ0) is 13.3. The molecule has 0 radical (unpaired) electrons. The largest absolute Gasteiger partial charge is 0.343 e. The highest BCUT2D eigenvalue weighted by atomic mass is 16.2. The Morgan fingerprint density at radius 1 is 1.28 bits per heavy atom. The topological polar surface area (TPSA) is 49.4 Å². The molecule has 1 aliphatic carbocycles. The summed E-state index contributed by atoms with van der Waals surface area (Å²) in [7, 11) is 0. The van der Waals surface area contributed by atoms with E-state index in [-0.39, 0.29) is 29.4 Å². The average molecular weight is 252 g/mol. The lowest BCUT2D eigenvalue weighted by atomic mass is 9.80. The van der Waals surface area contributed by atoms with Gasteiger partial charge in [0.2, 0.25) is 11.8 Å². The summed E-state index contributed by atoms with van der Waals surface area (Å²) in [4.78, 5) is 26.4. The zero-order valence-corrected chi connectivity index (χ0v) is 11.7. The van der Waals surface area contributed by atoms with Crippen molar-refractivity contribution < 1.29 is 9.59 Å². The van der Waals surface area contributed by atoms with Crippen molar-refractivity contribution in [2.45, 2.75) is 76.9 Å². The highest BCUT2D eigenvalue weighted by Gasteiger charge is 2.46. The van der Waals surface area contributed by atoms with Gasteiger partial charge in [-0.1, -0.05) is 26.2 Å². The van der Waals surface area contributed by atoms with Crippen LogP contribution in [0.5, 0.6) is 0 Å². The third-order valence-corrected chi connectivity index (χ3v) is 4.54. The van der Waals surface area contributed by atoms with Gasteiger partial charge >= 0.3 is 0 Å². The van der Waals surface area contributed by atoms with Crippen molar-refractivity contribution in [2.75, 3.05) is 0 Å². The number of carbonyl (C=O) groups excluding carboxylic acids is 2. The smallest absolute Gasteiger partial charge is 0.246 e. The van der Waals surface area contributed by atoms with Gasteiger partial charge < -0.3 is 10.2 Å². The molecule has 1 aliphatic heterocycles. The molecule has 2 unspecified atom stereocenters. The van der Waals surface area contributed by atoms with E-state index in [1.165, 1.54) is 6.42 Å². The maximum atomic E-state index is 12.5. The minimum absolute atomic E-state index is 0.00625. The van der Waals surface area contributed by atoms with Crippen LogP contribution in [0, 0.1) is 0 Å². The Bertz CT molecular complexity index is 348. The monoisotopic (exact) mass is 252 g/mol. The van der Waals surface area contributed by atoms with E-state index in [2.05, 4.69) is 12.2 Å². The summed E-state index contributed by atoms with van der Waals surface area (Å²) < 4.78 is 0. The summed E-state index contributed by atoms with van der Waals surface area (Å²) in [6.07, 6.45) is 6.27. The lowest BCUT2D eigenvalue weighted by Gasteiger charge is -2.50. The molecule has 0 aromatic carbocycles. The van der Waals surface area contributed by atoms with Gasteiger partial charge in [-0.2, -0.15) is 0 Å². The van der Waals surface area contributed by atoms with Crippen molar-refractivity contribution in [3.63, 3.8) is 0 Å². The van der Waals surface area contributed by atoms with Crippen LogP contribution in [0.25, 0.3) is 0 Å². The normalized spacial score (nSPS) is 32.3. The van der Waals surface area contributed by atoms with Gasteiger partial charge in [0.05, 0.1) is 0 Å². The molecule has 2 fully saturated rings. The highest BCUT2D eigenvalue weighted by Crippen LogP contribution is 2.36. The number of rotatable bonds is 2. The highest BCUT2D eigenvalue weighted by molar-refractivity contribution is 5.97. The first-order valence-electron chi connectivity index (χ1n) is 7.13. The first-order chi connectivity index (χ1) is 8.49.